The van der Waals surface area contributed by atoms with Gasteiger partial charge in [0.1, 0.15) is 24.2 Å². The summed E-state index contributed by atoms with van der Waals surface area (Å²) in [6.07, 6.45) is -0.347. The van der Waals surface area contributed by atoms with Gasteiger partial charge in [0.05, 0.1) is 12.0 Å². The number of H-pyrrole nitrogens is 1. The zero-order valence-electron chi connectivity index (χ0n) is 17.8. The van der Waals surface area contributed by atoms with Gasteiger partial charge in [0.2, 0.25) is 5.88 Å². The Hall–Kier alpha value is -2.62. The van der Waals surface area contributed by atoms with Crippen molar-refractivity contribution in [2.45, 2.75) is 12.5 Å². The molecule has 0 spiro atoms. The Morgan fingerprint density at radius 3 is 2.38 bits per heavy atom. The molecule has 0 aliphatic rings. The predicted octanol–water partition coefficient (Wildman–Crippen LogP) is 4.28. The molecule has 0 amide bonds. The number of nitrogens with one attached hydrogen (secondary N) is 1. The molecule has 0 saturated carbocycles. The van der Waals surface area contributed by atoms with Crippen LogP contribution in [-0.2, 0) is 24.6 Å². The largest absolute Gasteiger partial charge is 0.497 e. The van der Waals surface area contributed by atoms with Crippen LogP contribution in [0.25, 0.3) is 0 Å². The minimum atomic E-state index is -3.77. The Morgan fingerprint density at radius 1 is 1.06 bits per heavy atom. The first-order valence-electron chi connectivity index (χ1n) is 9.52. The van der Waals surface area contributed by atoms with Crippen molar-refractivity contribution in [2.75, 3.05) is 27.9 Å². The number of hydrogen-bond acceptors (Lipinski definition) is 9. The van der Waals surface area contributed by atoms with Gasteiger partial charge in [0.15, 0.2) is 0 Å². The van der Waals surface area contributed by atoms with Crippen molar-refractivity contribution in [3.8, 4) is 17.4 Å². The normalized spacial score (nSPS) is 12.5. The van der Waals surface area contributed by atoms with Gasteiger partial charge >= 0.3 is 12.7 Å². The van der Waals surface area contributed by atoms with Crippen LogP contribution in [0.5, 0.6) is 17.4 Å². The molecule has 172 valence electrons. The highest BCUT2D eigenvalue weighted by atomic mass is 32.1. The number of aromatic amines is 1. The van der Waals surface area contributed by atoms with Crippen LogP contribution in [0.3, 0.4) is 0 Å². The minimum absolute atomic E-state index is 0.0312. The van der Waals surface area contributed by atoms with Gasteiger partial charge in [-0.15, -0.1) is 0 Å². The predicted molar refractivity (Wildman–Crippen MR) is 120 cm³/mol. The van der Waals surface area contributed by atoms with Gasteiger partial charge in [0.25, 0.3) is 0 Å². The maximum atomic E-state index is 12.5. The Bertz CT molecular complexity index is 1120. The number of phosphoric acid groups is 1. The molecule has 0 bridgehead atoms. The molecule has 0 saturated heterocycles. The average Bonchev–Trinajstić information content (AvgIpc) is 3.13. The van der Waals surface area contributed by atoms with Gasteiger partial charge in [-0.1, -0.05) is 35.6 Å². The number of benzene rings is 2. The summed E-state index contributed by atoms with van der Waals surface area (Å²) in [5.41, 5.74) is 1.57. The van der Waals surface area contributed by atoms with Crippen LogP contribution >= 0.6 is 19.2 Å². The van der Waals surface area contributed by atoms with Crippen LogP contribution in [0.15, 0.2) is 53.3 Å². The van der Waals surface area contributed by atoms with Gasteiger partial charge < -0.3 is 14.6 Å². The Balaban J connectivity index is 1.72. The summed E-state index contributed by atoms with van der Waals surface area (Å²) >= 11 is 0.968. The monoisotopic (exact) mass is 481 g/mol. The molecule has 2 N–H and O–H groups in total. The number of thiazole rings is 1. The van der Waals surface area contributed by atoms with Crippen LogP contribution in [-0.4, -0.2) is 38.0 Å². The van der Waals surface area contributed by atoms with E-state index in [2.05, 4.69) is 4.98 Å². The minimum Gasteiger partial charge on any atom is -0.497 e. The van der Waals surface area contributed by atoms with Crippen molar-refractivity contribution in [1.29, 1.82) is 0 Å². The highest BCUT2D eigenvalue weighted by Crippen LogP contribution is 2.51. The van der Waals surface area contributed by atoms with E-state index in [9.17, 15) is 14.5 Å². The second-order valence-corrected chi connectivity index (χ2v) is 9.50. The van der Waals surface area contributed by atoms with Gasteiger partial charge in [-0.2, -0.15) is 0 Å². The van der Waals surface area contributed by atoms with Crippen molar-refractivity contribution in [3.05, 3.63) is 74.2 Å². The number of aromatic hydroxyl groups is 1. The standard InChI is InChI=1S/C21H24NO8PS/c1-26-17-6-4-5-15(12-17)18(30-31(25,27-2)28-3)13-29-16-9-7-14(8-10-16)11-19-20(23)22-21(24)32-19/h4-10,12,18,23H,11,13H2,1-3H3,(H,22,24). The molecule has 32 heavy (non-hydrogen) atoms. The molecule has 9 nitrogen and oxygen atoms in total. The van der Waals surface area contributed by atoms with E-state index in [1.807, 2.05) is 12.1 Å². The average molecular weight is 481 g/mol. The molecule has 3 rings (SSSR count). The smallest absolute Gasteiger partial charge is 0.474 e. The van der Waals surface area contributed by atoms with Gasteiger partial charge in [-0.05, 0) is 35.4 Å². The number of aromatic nitrogens is 1. The van der Waals surface area contributed by atoms with Gasteiger partial charge in [0, 0.05) is 20.6 Å². The fourth-order valence-electron chi connectivity index (χ4n) is 2.88. The summed E-state index contributed by atoms with van der Waals surface area (Å²) in [5.74, 6) is 1.06. The van der Waals surface area contributed by atoms with Crippen LogP contribution in [0.1, 0.15) is 22.1 Å². The number of methoxy groups -OCH3 is 1. The van der Waals surface area contributed by atoms with Crippen LogP contribution < -0.4 is 14.3 Å². The molecular weight excluding hydrogens is 457 g/mol. The quantitative estimate of drug-likeness (QED) is 0.390. The molecule has 3 aromatic rings. The van der Waals surface area contributed by atoms with E-state index < -0.39 is 13.9 Å². The third-order valence-corrected chi connectivity index (χ3v) is 6.84. The van der Waals surface area contributed by atoms with E-state index >= 15 is 0 Å². The van der Waals surface area contributed by atoms with Gasteiger partial charge in [-0.25, -0.2) is 4.57 Å². The zero-order valence-corrected chi connectivity index (χ0v) is 19.5. The molecule has 1 atom stereocenters. The second kappa shape index (κ2) is 10.8. The molecule has 0 fully saturated rings. The highest BCUT2D eigenvalue weighted by Gasteiger charge is 2.30. The van der Waals surface area contributed by atoms with E-state index in [4.69, 9.17) is 23.0 Å². The molecule has 1 aromatic heterocycles. The molecule has 0 aliphatic heterocycles. The molecule has 1 unspecified atom stereocenters. The van der Waals surface area contributed by atoms with Gasteiger partial charge in [-0.3, -0.25) is 23.3 Å². The molecule has 11 heteroatoms. The molecule has 0 aliphatic carbocycles. The Morgan fingerprint density at radius 2 is 1.78 bits per heavy atom. The number of rotatable bonds is 11. The van der Waals surface area contributed by atoms with Crippen LogP contribution in [0, 0.1) is 0 Å². The molecular formula is C21H24NO8PS. The second-order valence-electron chi connectivity index (χ2n) is 6.60. The van der Waals surface area contributed by atoms with Crippen molar-refractivity contribution in [1.82, 2.24) is 4.98 Å². The first kappa shape index (κ1) is 24.0. The maximum absolute atomic E-state index is 12.5. The zero-order chi connectivity index (χ0) is 23.1. The van der Waals surface area contributed by atoms with Crippen molar-refractivity contribution < 1.29 is 32.7 Å². The third-order valence-electron chi connectivity index (χ3n) is 4.56. The fourth-order valence-corrected chi connectivity index (χ4v) is 4.45. The maximum Gasteiger partial charge on any atom is 0.474 e. The number of ether oxygens (including phenoxy) is 2. The van der Waals surface area contributed by atoms with Crippen molar-refractivity contribution in [2.24, 2.45) is 0 Å². The summed E-state index contributed by atoms with van der Waals surface area (Å²) in [7, 11) is 0.264. The van der Waals surface area contributed by atoms with E-state index in [0.29, 0.717) is 28.4 Å². The third kappa shape index (κ3) is 6.21. The summed E-state index contributed by atoms with van der Waals surface area (Å²) in [5, 5.41) is 9.74. The summed E-state index contributed by atoms with van der Waals surface area (Å²) in [4.78, 5) is 13.9. The lowest BCUT2D eigenvalue weighted by Gasteiger charge is -2.23. The van der Waals surface area contributed by atoms with E-state index in [1.54, 1.807) is 43.5 Å². The fraction of sp³-hybridized carbons (Fsp3) is 0.286. The lowest BCUT2D eigenvalue weighted by atomic mass is 10.1. The Kier molecular flexibility index (Phi) is 8.11. The molecule has 1 heterocycles. The van der Waals surface area contributed by atoms with Crippen LogP contribution in [0.2, 0.25) is 0 Å². The number of hydrogen-bond donors (Lipinski definition) is 2. The van der Waals surface area contributed by atoms with E-state index in [-0.39, 0.29) is 17.4 Å². The SMILES string of the molecule is COc1cccc(C(COc2ccc(Cc3sc(=O)[nH]c3O)cc2)OP(=O)(OC)OC)c1. The summed E-state index contributed by atoms with van der Waals surface area (Å²) < 4.78 is 39.1. The first-order valence-corrected chi connectivity index (χ1v) is 11.8. The topological polar surface area (TPSA) is 116 Å². The lowest BCUT2D eigenvalue weighted by molar-refractivity contribution is 0.0718. The first-order chi connectivity index (χ1) is 15.4. The summed E-state index contributed by atoms with van der Waals surface area (Å²) in [6.45, 7) is 0.0312. The van der Waals surface area contributed by atoms with Crippen molar-refractivity contribution in [3.63, 3.8) is 0 Å². The van der Waals surface area contributed by atoms with Crippen LogP contribution in [0.4, 0.5) is 0 Å². The number of phosphoric ester groups is 1. The lowest BCUT2D eigenvalue weighted by Crippen LogP contribution is -2.14. The van der Waals surface area contributed by atoms with Crippen molar-refractivity contribution >= 4 is 19.2 Å². The molecule has 2 aromatic carbocycles. The Labute approximate surface area is 189 Å². The highest BCUT2D eigenvalue weighted by molar-refractivity contribution is 7.48. The summed E-state index contributed by atoms with van der Waals surface area (Å²) in [6, 6.07) is 14.3. The van der Waals surface area contributed by atoms with E-state index in [1.165, 1.54) is 14.2 Å². The van der Waals surface area contributed by atoms with E-state index in [0.717, 1.165) is 16.9 Å². The molecule has 0 radical (unpaired) electrons.